The Morgan fingerprint density at radius 2 is 1.95 bits per heavy atom. The number of nitrogens with one attached hydrogen (secondary N) is 1. The number of amides is 1. The number of allylic oxidation sites excluding steroid dienone is 2. The van der Waals surface area contributed by atoms with E-state index in [4.69, 9.17) is 15.5 Å². The predicted molar refractivity (Wildman–Crippen MR) is 160 cm³/mol. The molecule has 2 aliphatic rings. The fourth-order valence-corrected chi connectivity index (χ4v) is 5.65. The molecule has 3 N–H and O–H groups in total. The van der Waals surface area contributed by atoms with Gasteiger partial charge in [0.15, 0.2) is 5.82 Å². The van der Waals surface area contributed by atoms with Crippen molar-refractivity contribution in [3.8, 4) is 11.7 Å². The van der Waals surface area contributed by atoms with E-state index < -0.39 is 18.2 Å². The lowest BCUT2D eigenvalue weighted by Crippen LogP contribution is -2.40. The van der Waals surface area contributed by atoms with Crippen molar-refractivity contribution in [2.75, 3.05) is 25.1 Å². The Hall–Kier alpha value is -3.22. The summed E-state index contributed by atoms with van der Waals surface area (Å²) in [7, 11) is 1.62. The Morgan fingerprint density at radius 3 is 2.50 bits per heavy atom. The monoisotopic (exact) mass is 607 g/mol. The maximum atomic E-state index is 13.5. The van der Waals surface area contributed by atoms with Crippen LogP contribution in [0, 0.1) is 16.7 Å². The van der Waals surface area contributed by atoms with Crippen LogP contribution in [0.4, 0.5) is 19.0 Å². The van der Waals surface area contributed by atoms with Crippen molar-refractivity contribution in [2.24, 2.45) is 27.5 Å². The highest BCUT2D eigenvalue weighted by atomic mass is 32.2. The van der Waals surface area contributed by atoms with Gasteiger partial charge in [0.05, 0.1) is 10.5 Å². The molecule has 0 bridgehead atoms. The fourth-order valence-electron chi connectivity index (χ4n) is 5.01. The molecule has 1 aliphatic heterocycles. The Balaban J connectivity index is 1.65. The molecule has 230 valence electrons. The van der Waals surface area contributed by atoms with E-state index in [-0.39, 0.29) is 35.6 Å². The highest BCUT2D eigenvalue weighted by Gasteiger charge is 2.64. The van der Waals surface area contributed by atoms with Crippen molar-refractivity contribution in [1.82, 2.24) is 19.5 Å². The Kier molecular flexibility index (Phi) is 8.65. The highest BCUT2D eigenvalue weighted by Crippen LogP contribution is 2.57. The molecule has 2 aromatic heterocycles. The zero-order chi connectivity index (χ0) is 31.1. The standard InChI is InChI=1S/C29H40F3N7O2S/c1-18(33)21(15-34-7)42-37-25(40)20-8-9-22(35-24(20)38-16-19(26(2,3)4)14-27(38,5)6)39-13-10-23(36-39)41-17-28(11-12-28)29(30,31)32/h8-10,13,15,19H,11-12,14,16-17,33H2,1-7H3,(H,37,40). The van der Waals surface area contributed by atoms with Crippen molar-refractivity contribution < 1.29 is 22.7 Å². The van der Waals surface area contributed by atoms with Crippen LogP contribution in [0.25, 0.3) is 5.82 Å². The number of nitrogens with two attached hydrogens (primary N) is 1. The Morgan fingerprint density at radius 1 is 1.26 bits per heavy atom. The van der Waals surface area contributed by atoms with E-state index in [0.717, 1.165) is 18.4 Å². The van der Waals surface area contributed by atoms with Crippen LogP contribution in [0.15, 0.2) is 40.0 Å². The minimum Gasteiger partial charge on any atom is -0.476 e. The van der Waals surface area contributed by atoms with Gasteiger partial charge in [0.2, 0.25) is 5.88 Å². The third-order valence-electron chi connectivity index (χ3n) is 8.10. The largest absolute Gasteiger partial charge is 0.476 e. The number of hydrogen-bond donors (Lipinski definition) is 2. The molecule has 42 heavy (non-hydrogen) atoms. The lowest BCUT2D eigenvalue weighted by molar-refractivity contribution is -0.194. The molecule has 4 rings (SSSR count). The summed E-state index contributed by atoms with van der Waals surface area (Å²) in [5.41, 5.74) is 4.80. The number of halogens is 3. The number of pyridine rings is 1. The lowest BCUT2D eigenvalue weighted by Gasteiger charge is -2.34. The first-order valence-corrected chi connectivity index (χ1v) is 14.7. The highest BCUT2D eigenvalue weighted by molar-refractivity contribution is 8.02. The molecule has 0 aromatic carbocycles. The summed E-state index contributed by atoms with van der Waals surface area (Å²) in [6, 6.07) is 4.85. The van der Waals surface area contributed by atoms with Crippen LogP contribution in [-0.4, -0.2) is 58.8 Å². The molecule has 9 nitrogen and oxygen atoms in total. The summed E-state index contributed by atoms with van der Waals surface area (Å²) >= 11 is 1.08. The number of carbonyl (C=O) groups excluding carboxylic acids is 1. The average molecular weight is 608 g/mol. The van der Waals surface area contributed by atoms with Crippen LogP contribution in [-0.2, 0) is 0 Å². The number of carbonyl (C=O) groups is 1. The molecule has 0 spiro atoms. The maximum Gasteiger partial charge on any atom is 0.397 e. The van der Waals surface area contributed by atoms with Crippen LogP contribution in [0.3, 0.4) is 0 Å². The van der Waals surface area contributed by atoms with Crippen LogP contribution in [0.1, 0.15) is 71.2 Å². The fraction of sp³-hybridized carbons (Fsp3) is 0.586. The van der Waals surface area contributed by atoms with Crippen LogP contribution >= 0.6 is 11.9 Å². The van der Waals surface area contributed by atoms with E-state index >= 15 is 0 Å². The summed E-state index contributed by atoms with van der Waals surface area (Å²) in [4.78, 5) is 25.2. The smallest absolute Gasteiger partial charge is 0.397 e. The first-order valence-electron chi connectivity index (χ1n) is 13.9. The molecule has 1 saturated carbocycles. The van der Waals surface area contributed by atoms with E-state index in [1.165, 1.54) is 10.7 Å². The number of anilines is 1. The van der Waals surface area contributed by atoms with Crippen molar-refractivity contribution in [1.29, 1.82) is 0 Å². The molecule has 3 heterocycles. The van der Waals surface area contributed by atoms with Crippen molar-refractivity contribution >= 4 is 29.9 Å². The van der Waals surface area contributed by atoms with Crippen molar-refractivity contribution in [3.63, 3.8) is 0 Å². The van der Waals surface area contributed by atoms with Gasteiger partial charge in [-0.1, -0.05) is 20.8 Å². The molecule has 1 atom stereocenters. The number of hydrogen-bond acceptors (Lipinski definition) is 8. The van der Waals surface area contributed by atoms with Gasteiger partial charge in [-0.25, -0.2) is 9.67 Å². The second-order valence-corrected chi connectivity index (χ2v) is 13.7. The third kappa shape index (κ3) is 6.71. The molecule has 1 unspecified atom stereocenters. The minimum absolute atomic E-state index is 0.0449. The molecule has 0 radical (unpaired) electrons. The van der Waals surface area contributed by atoms with E-state index in [2.05, 4.69) is 54.3 Å². The first-order chi connectivity index (χ1) is 19.5. The van der Waals surface area contributed by atoms with Gasteiger partial charge < -0.3 is 15.4 Å². The van der Waals surface area contributed by atoms with Gasteiger partial charge in [-0.2, -0.15) is 13.2 Å². The number of alkyl halides is 3. The zero-order valence-electron chi connectivity index (χ0n) is 25.2. The first kappa shape index (κ1) is 31.7. The number of aliphatic imine (C=N–C) groups is 1. The normalized spacial score (nSPS) is 20.5. The summed E-state index contributed by atoms with van der Waals surface area (Å²) in [6.45, 7) is 12.8. The Labute approximate surface area is 249 Å². The minimum atomic E-state index is -4.31. The van der Waals surface area contributed by atoms with Crippen LogP contribution < -0.4 is 20.1 Å². The topological polar surface area (TPSA) is 111 Å². The second-order valence-electron chi connectivity index (χ2n) is 12.9. The van der Waals surface area contributed by atoms with Gasteiger partial charge in [0.25, 0.3) is 5.91 Å². The average Bonchev–Trinajstić information content (AvgIpc) is 3.43. The second kappa shape index (κ2) is 11.5. The Bertz CT molecular complexity index is 1370. The van der Waals surface area contributed by atoms with E-state index in [9.17, 15) is 18.0 Å². The number of nitrogens with zero attached hydrogens (tertiary/aromatic N) is 5. The van der Waals surface area contributed by atoms with Gasteiger partial charge in [0, 0.05) is 43.3 Å². The van der Waals surface area contributed by atoms with Crippen molar-refractivity contribution in [3.05, 3.63) is 40.6 Å². The number of rotatable bonds is 9. The molecule has 1 aliphatic carbocycles. The summed E-state index contributed by atoms with van der Waals surface area (Å²) in [5.74, 6) is 0.988. The SMILES string of the molecule is CN=CC(SNC(=O)c1ccc(-n2ccc(OCC3(C(F)(F)F)CC3)n2)nc1N1CC(C(C)(C)C)CC1(C)C)=C(C)N. The van der Waals surface area contributed by atoms with Crippen LogP contribution in [0.5, 0.6) is 5.88 Å². The van der Waals surface area contributed by atoms with Gasteiger partial charge >= 0.3 is 6.18 Å². The third-order valence-corrected chi connectivity index (χ3v) is 9.04. The molecule has 1 saturated heterocycles. The summed E-state index contributed by atoms with van der Waals surface area (Å²) in [5, 5.41) is 4.33. The number of ether oxygens (including phenoxy) is 1. The quantitative estimate of drug-likeness (QED) is 0.269. The van der Waals surface area contributed by atoms with Gasteiger partial charge in [-0.15, -0.1) is 5.10 Å². The lowest BCUT2D eigenvalue weighted by atomic mass is 9.78. The van der Waals surface area contributed by atoms with Gasteiger partial charge in [0.1, 0.15) is 17.8 Å². The maximum absolute atomic E-state index is 13.5. The van der Waals surface area contributed by atoms with E-state index in [1.54, 1.807) is 38.5 Å². The zero-order valence-corrected chi connectivity index (χ0v) is 26.0. The summed E-state index contributed by atoms with van der Waals surface area (Å²) in [6.07, 6.45) is -0.126. The van der Waals surface area contributed by atoms with E-state index in [1.807, 2.05) is 0 Å². The van der Waals surface area contributed by atoms with Crippen molar-refractivity contribution in [2.45, 2.75) is 72.5 Å². The molecule has 2 aromatic rings. The number of aromatic nitrogens is 3. The molecule has 2 fully saturated rings. The molecular formula is C29H40F3N7O2S. The molecular weight excluding hydrogens is 567 g/mol. The van der Waals surface area contributed by atoms with E-state index in [0.29, 0.717) is 40.3 Å². The van der Waals surface area contributed by atoms with Gasteiger partial charge in [-0.3, -0.25) is 14.5 Å². The predicted octanol–water partition coefficient (Wildman–Crippen LogP) is 5.91. The summed E-state index contributed by atoms with van der Waals surface area (Å²) < 4.78 is 49.8. The molecule has 13 heteroatoms. The van der Waals surface area contributed by atoms with Crippen LogP contribution in [0.2, 0.25) is 0 Å². The van der Waals surface area contributed by atoms with Gasteiger partial charge in [-0.05, 0) is 75.4 Å². The molecule has 1 amide bonds.